The highest BCUT2D eigenvalue weighted by atomic mass is 19.1. The van der Waals surface area contributed by atoms with Gasteiger partial charge in [0.1, 0.15) is 5.54 Å². The standard InChI is InChI=1S/C14H22FN3O2/c1-2-18-10-7-16-11(19)14(18)5-8-17(9-6-14)12(20)13(15)3-4-13/h2-10H2,1H3,(H,16,19). The van der Waals surface area contributed by atoms with Gasteiger partial charge in [-0.25, -0.2) is 4.39 Å². The van der Waals surface area contributed by atoms with Gasteiger partial charge < -0.3 is 10.2 Å². The number of piperazine rings is 1. The highest BCUT2D eigenvalue weighted by molar-refractivity contribution is 5.90. The molecule has 0 radical (unpaired) electrons. The van der Waals surface area contributed by atoms with Crippen LogP contribution in [0.4, 0.5) is 4.39 Å². The van der Waals surface area contributed by atoms with E-state index in [0.29, 0.717) is 45.3 Å². The summed E-state index contributed by atoms with van der Waals surface area (Å²) in [6, 6.07) is 0. The summed E-state index contributed by atoms with van der Waals surface area (Å²) in [5.74, 6) is -0.300. The quantitative estimate of drug-likeness (QED) is 0.793. The Hall–Kier alpha value is -1.17. The number of likely N-dealkylation sites (N-methyl/N-ethyl adjacent to an activating group) is 1. The van der Waals surface area contributed by atoms with Crippen molar-refractivity contribution in [1.29, 1.82) is 0 Å². The van der Waals surface area contributed by atoms with Crippen LogP contribution >= 0.6 is 0 Å². The third-order valence-electron chi connectivity index (χ3n) is 5.03. The Kier molecular flexibility index (Phi) is 3.23. The number of carbonyl (C=O) groups is 2. The minimum absolute atomic E-state index is 0.0686. The minimum atomic E-state index is -1.59. The fourth-order valence-corrected chi connectivity index (χ4v) is 3.52. The molecule has 0 unspecified atom stereocenters. The maximum atomic E-state index is 13.9. The van der Waals surface area contributed by atoms with Gasteiger partial charge in [0, 0.05) is 26.2 Å². The number of alkyl halides is 1. The lowest BCUT2D eigenvalue weighted by molar-refractivity contribution is -0.149. The summed E-state index contributed by atoms with van der Waals surface area (Å²) in [4.78, 5) is 28.1. The number of hydrogen-bond donors (Lipinski definition) is 1. The van der Waals surface area contributed by atoms with E-state index in [2.05, 4.69) is 17.1 Å². The summed E-state index contributed by atoms with van der Waals surface area (Å²) >= 11 is 0. The molecule has 0 aromatic heterocycles. The summed E-state index contributed by atoms with van der Waals surface area (Å²) < 4.78 is 13.9. The molecule has 2 amide bonds. The van der Waals surface area contributed by atoms with Gasteiger partial charge in [0.15, 0.2) is 5.67 Å². The maximum absolute atomic E-state index is 13.9. The molecular formula is C14H22FN3O2. The van der Waals surface area contributed by atoms with Crippen molar-refractivity contribution in [1.82, 2.24) is 15.1 Å². The molecule has 0 atom stereocenters. The van der Waals surface area contributed by atoms with E-state index in [4.69, 9.17) is 0 Å². The number of nitrogens with one attached hydrogen (secondary N) is 1. The van der Waals surface area contributed by atoms with E-state index >= 15 is 0 Å². The number of rotatable bonds is 2. The summed E-state index contributed by atoms with van der Waals surface area (Å²) in [7, 11) is 0. The van der Waals surface area contributed by atoms with Gasteiger partial charge in [-0.3, -0.25) is 14.5 Å². The zero-order chi connectivity index (χ0) is 14.4. The molecular weight excluding hydrogens is 261 g/mol. The molecule has 0 bridgehead atoms. The fraction of sp³-hybridized carbons (Fsp3) is 0.857. The highest BCUT2D eigenvalue weighted by Crippen LogP contribution is 2.42. The minimum Gasteiger partial charge on any atom is -0.353 e. The average molecular weight is 283 g/mol. The van der Waals surface area contributed by atoms with Crippen molar-refractivity contribution in [2.75, 3.05) is 32.7 Å². The van der Waals surface area contributed by atoms with E-state index in [9.17, 15) is 14.0 Å². The number of hydrogen-bond acceptors (Lipinski definition) is 3. The Bertz CT molecular complexity index is 428. The van der Waals surface area contributed by atoms with Crippen molar-refractivity contribution in [3.63, 3.8) is 0 Å². The topological polar surface area (TPSA) is 52.7 Å². The van der Waals surface area contributed by atoms with Gasteiger partial charge in [-0.05, 0) is 32.2 Å². The molecule has 2 aliphatic heterocycles. The van der Waals surface area contributed by atoms with Gasteiger partial charge in [0.25, 0.3) is 5.91 Å². The lowest BCUT2D eigenvalue weighted by atomic mass is 9.83. The van der Waals surface area contributed by atoms with Crippen LogP contribution in [0.3, 0.4) is 0 Å². The monoisotopic (exact) mass is 283 g/mol. The van der Waals surface area contributed by atoms with Gasteiger partial charge >= 0.3 is 0 Å². The first kappa shape index (κ1) is 13.8. The SMILES string of the molecule is CCN1CCNC(=O)C12CCN(C(=O)C1(F)CC1)CC2. The zero-order valence-electron chi connectivity index (χ0n) is 12.0. The van der Waals surface area contributed by atoms with Crippen LogP contribution in [0.2, 0.25) is 0 Å². The molecule has 0 aromatic rings. The van der Waals surface area contributed by atoms with E-state index in [1.165, 1.54) is 0 Å². The second kappa shape index (κ2) is 4.69. The van der Waals surface area contributed by atoms with Gasteiger partial charge in [-0.1, -0.05) is 6.92 Å². The van der Waals surface area contributed by atoms with Crippen molar-refractivity contribution in [3.8, 4) is 0 Å². The van der Waals surface area contributed by atoms with Crippen molar-refractivity contribution < 1.29 is 14.0 Å². The second-order valence-corrected chi connectivity index (χ2v) is 6.12. The fourth-order valence-electron chi connectivity index (χ4n) is 3.52. The first-order chi connectivity index (χ1) is 9.52. The van der Waals surface area contributed by atoms with Crippen LogP contribution in [0, 0.1) is 0 Å². The molecule has 1 N–H and O–H groups in total. The van der Waals surface area contributed by atoms with Gasteiger partial charge in [0.05, 0.1) is 0 Å². The Balaban J connectivity index is 1.70. The van der Waals surface area contributed by atoms with Crippen LogP contribution in [-0.4, -0.2) is 65.5 Å². The zero-order valence-corrected chi connectivity index (χ0v) is 12.0. The first-order valence-corrected chi connectivity index (χ1v) is 7.53. The van der Waals surface area contributed by atoms with E-state index in [1.54, 1.807) is 4.90 Å². The third kappa shape index (κ3) is 2.01. The molecule has 2 saturated heterocycles. The summed E-state index contributed by atoms with van der Waals surface area (Å²) in [6.07, 6.45) is 1.92. The Labute approximate surface area is 118 Å². The number of halogens is 1. The number of carbonyl (C=O) groups excluding carboxylic acids is 2. The van der Waals surface area contributed by atoms with Gasteiger partial charge in [-0.15, -0.1) is 0 Å². The van der Waals surface area contributed by atoms with Gasteiger partial charge in [-0.2, -0.15) is 0 Å². The number of nitrogens with zero attached hydrogens (tertiary/aromatic N) is 2. The summed E-state index contributed by atoms with van der Waals surface area (Å²) in [5, 5.41) is 2.94. The van der Waals surface area contributed by atoms with Crippen LogP contribution < -0.4 is 5.32 Å². The van der Waals surface area contributed by atoms with Gasteiger partial charge in [0.2, 0.25) is 5.91 Å². The van der Waals surface area contributed by atoms with Crippen LogP contribution in [0.1, 0.15) is 32.6 Å². The van der Waals surface area contributed by atoms with Crippen LogP contribution in [0.5, 0.6) is 0 Å². The first-order valence-electron chi connectivity index (χ1n) is 7.53. The number of likely N-dealkylation sites (tertiary alicyclic amines) is 1. The molecule has 5 nitrogen and oxygen atoms in total. The Morgan fingerprint density at radius 3 is 2.45 bits per heavy atom. The molecule has 2 heterocycles. The largest absolute Gasteiger partial charge is 0.353 e. The second-order valence-electron chi connectivity index (χ2n) is 6.12. The van der Waals surface area contributed by atoms with E-state index in [0.717, 1.165) is 13.1 Å². The molecule has 0 aromatic carbocycles. The van der Waals surface area contributed by atoms with Crippen molar-refractivity contribution in [2.24, 2.45) is 0 Å². The summed E-state index contributed by atoms with van der Waals surface area (Å²) in [6.45, 7) is 5.38. The van der Waals surface area contributed by atoms with E-state index in [-0.39, 0.29) is 11.8 Å². The molecule has 3 fully saturated rings. The Morgan fingerprint density at radius 1 is 1.25 bits per heavy atom. The molecule has 3 aliphatic rings. The lowest BCUT2D eigenvalue weighted by Crippen LogP contribution is -2.68. The number of piperidine rings is 1. The van der Waals surface area contributed by atoms with Crippen molar-refractivity contribution in [3.05, 3.63) is 0 Å². The molecule has 1 spiro atoms. The molecule has 6 heteroatoms. The maximum Gasteiger partial charge on any atom is 0.260 e. The molecule has 112 valence electrons. The van der Waals surface area contributed by atoms with Crippen LogP contribution in [0.25, 0.3) is 0 Å². The lowest BCUT2D eigenvalue weighted by Gasteiger charge is -2.49. The normalized spacial score (nSPS) is 28.3. The van der Waals surface area contributed by atoms with Crippen molar-refractivity contribution >= 4 is 11.8 Å². The average Bonchev–Trinajstić information content (AvgIpc) is 3.21. The smallest absolute Gasteiger partial charge is 0.260 e. The van der Waals surface area contributed by atoms with Crippen LogP contribution in [0.15, 0.2) is 0 Å². The highest BCUT2D eigenvalue weighted by Gasteiger charge is 2.55. The third-order valence-corrected chi connectivity index (χ3v) is 5.03. The molecule has 1 saturated carbocycles. The van der Waals surface area contributed by atoms with E-state index < -0.39 is 11.2 Å². The molecule has 20 heavy (non-hydrogen) atoms. The molecule has 3 rings (SSSR count). The van der Waals surface area contributed by atoms with Crippen molar-refractivity contribution in [2.45, 2.75) is 43.8 Å². The number of amides is 2. The Morgan fingerprint density at radius 2 is 1.90 bits per heavy atom. The predicted octanol–water partition coefficient (Wildman–Crippen LogP) is 0.301. The summed E-state index contributed by atoms with van der Waals surface area (Å²) in [5.41, 5.74) is -2.08. The van der Waals surface area contributed by atoms with E-state index in [1.807, 2.05) is 0 Å². The predicted molar refractivity (Wildman–Crippen MR) is 71.9 cm³/mol. The molecule has 1 aliphatic carbocycles. The van der Waals surface area contributed by atoms with Crippen LogP contribution in [-0.2, 0) is 9.59 Å².